The van der Waals surface area contributed by atoms with E-state index in [0.29, 0.717) is 5.56 Å². The topological polar surface area (TPSA) is 54.0 Å². The number of rotatable bonds is 4. The van der Waals surface area contributed by atoms with E-state index in [1.165, 1.54) is 11.1 Å². The van der Waals surface area contributed by atoms with Gasteiger partial charge >= 0.3 is 0 Å². The maximum Gasteiger partial charge on any atom is 0.257 e. The fourth-order valence-corrected chi connectivity index (χ4v) is 2.69. The number of carbonyl (C=O) groups excluding carboxylic acids is 1. The van der Waals surface area contributed by atoms with Gasteiger partial charge in [0, 0.05) is 17.6 Å². The molecule has 1 amide bonds. The Balaban J connectivity index is 1.76. The average Bonchev–Trinajstić information content (AvgIpc) is 2.56. The Kier molecular flexibility index (Phi) is 4.80. The summed E-state index contributed by atoms with van der Waals surface area (Å²) in [5.41, 5.74) is 6.56. The first-order valence-electron chi connectivity index (χ1n) is 8.18. The highest BCUT2D eigenvalue weighted by molar-refractivity contribution is 6.04. The molecule has 4 heteroatoms. The lowest BCUT2D eigenvalue weighted by molar-refractivity contribution is 0.102. The van der Waals surface area contributed by atoms with Gasteiger partial charge in [0.05, 0.1) is 17.4 Å². The Morgan fingerprint density at radius 2 is 1.44 bits per heavy atom. The monoisotopic (exact) mass is 331 g/mol. The Hall–Kier alpha value is -3.14. The van der Waals surface area contributed by atoms with Crippen molar-refractivity contribution in [3.63, 3.8) is 0 Å². The predicted octanol–water partition coefficient (Wildman–Crippen LogP) is 5.00. The maximum atomic E-state index is 12.4. The summed E-state index contributed by atoms with van der Waals surface area (Å²) in [5.74, 6) is -0.180. The van der Waals surface area contributed by atoms with Crippen LogP contribution in [0.1, 0.15) is 27.0 Å². The largest absolute Gasteiger partial charge is 0.354 e. The molecule has 0 radical (unpaired) electrons. The van der Waals surface area contributed by atoms with E-state index in [4.69, 9.17) is 0 Å². The average molecular weight is 331 g/mol. The fraction of sp³-hybridized carbons (Fsp3) is 0.143. The zero-order chi connectivity index (χ0) is 17.8. The van der Waals surface area contributed by atoms with Crippen LogP contribution >= 0.6 is 0 Å². The first-order chi connectivity index (χ1) is 12.0. The summed E-state index contributed by atoms with van der Waals surface area (Å²) in [6.45, 7) is 6.13. The number of anilines is 3. The lowest BCUT2D eigenvalue weighted by Gasteiger charge is -2.10. The second kappa shape index (κ2) is 7.18. The number of nitrogens with zero attached hydrogens (tertiary/aromatic N) is 1. The number of carbonyl (C=O) groups is 1. The fourth-order valence-electron chi connectivity index (χ4n) is 2.69. The van der Waals surface area contributed by atoms with Crippen LogP contribution in [0.5, 0.6) is 0 Å². The number of benzene rings is 2. The van der Waals surface area contributed by atoms with Crippen LogP contribution in [0.25, 0.3) is 0 Å². The van der Waals surface area contributed by atoms with E-state index >= 15 is 0 Å². The molecule has 126 valence electrons. The van der Waals surface area contributed by atoms with Gasteiger partial charge in [-0.05, 0) is 62.2 Å². The van der Waals surface area contributed by atoms with E-state index in [0.717, 1.165) is 22.6 Å². The quantitative estimate of drug-likeness (QED) is 0.707. The van der Waals surface area contributed by atoms with Crippen molar-refractivity contribution < 1.29 is 4.79 Å². The van der Waals surface area contributed by atoms with E-state index < -0.39 is 0 Å². The molecule has 0 unspecified atom stereocenters. The highest BCUT2D eigenvalue weighted by Gasteiger charge is 2.08. The highest BCUT2D eigenvalue weighted by atomic mass is 16.1. The molecule has 0 aliphatic carbocycles. The Labute approximate surface area is 147 Å². The van der Waals surface area contributed by atoms with Crippen molar-refractivity contribution in [2.24, 2.45) is 0 Å². The minimum atomic E-state index is -0.180. The van der Waals surface area contributed by atoms with Gasteiger partial charge in [0.15, 0.2) is 0 Å². The zero-order valence-electron chi connectivity index (χ0n) is 14.6. The molecule has 2 aromatic carbocycles. The summed E-state index contributed by atoms with van der Waals surface area (Å²) in [4.78, 5) is 16.6. The van der Waals surface area contributed by atoms with Gasteiger partial charge in [0.1, 0.15) is 0 Å². The van der Waals surface area contributed by atoms with Crippen molar-refractivity contribution in [1.29, 1.82) is 0 Å². The first-order valence-corrected chi connectivity index (χ1v) is 8.18. The lowest BCUT2D eigenvalue weighted by atomic mass is 10.1. The van der Waals surface area contributed by atoms with Gasteiger partial charge in [-0.15, -0.1) is 0 Å². The van der Waals surface area contributed by atoms with Crippen molar-refractivity contribution in [3.05, 3.63) is 83.2 Å². The van der Waals surface area contributed by atoms with Crippen LogP contribution in [0.2, 0.25) is 0 Å². The molecule has 0 spiro atoms. The van der Waals surface area contributed by atoms with Crippen LogP contribution in [0.15, 0.2) is 60.9 Å². The van der Waals surface area contributed by atoms with Crippen LogP contribution in [-0.4, -0.2) is 10.9 Å². The highest BCUT2D eigenvalue weighted by Crippen LogP contribution is 2.20. The number of aryl methyl sites for hydroxylation is 3. The molecule has 0 aliphatic rings. The predicted molar refractivity (Wildman–Crippen MR) is 103 cm³/mol. The van der Waals surface area contributed by atoms with Crippen LogP contribution in [-0.2, 0) is 0 Å². The van der Waals surface area contributed by atoms with Crippen molar-refractivity contribution in [3.8, 4) is 0 Å². The molecule has 0 fully saturated rings. The third-order valence-electron chi connectivity index (χ3n) is 3.82. The summed E-state index contributed by atoms with van der Waals surface area (Å²) >= 11 is 0. The van der Waals surface area contributed by atoms with E-state index in [2.05, 4.69) is 47.7 Å². The molecule has 3 aromatic rings. The molecule has 0 atom stereocenters. The summed E-state index contributed by atoms with van der Waals surface area (Å²) < 4.78 is 0. The van der Waals surface area contributed by atoms with Gasteiger partial charge in [-0.1, -0.05) is 23.8 Å². The second-order valence-electron chi connectivity index (χ2n) is 6.28. The first kappa shape index (κ1) is 16.7. The molecule has 3 rings (SSSR count). The summed E-state index contributed by atoms with van der Waals surface area (Å²) in [7, 11) is 0. The van der Waals surface area contributed by atoms with Crippen LogP contribution in [0.4, 0.5) is 17.1 Å². The summed E-state index contributed by atoms with van der Waals surface area (Å²) in [5, 5.41) is 6.20. The Bertz CT molecular complexity index is 881. The van der Waals surface area contributed by atoms with Gasteiger partial charge < -0.3 is 10.6 Å². The van der Waals surface area contributed by atoms with Gasteiger partial charge in [0.2, 0.25) is 0 Å². The minimum absolute atomic E-state index is 0.180. The number of hydrogen-bond donors (Lipinski definition) is 2. The maximum absolute atomic E-state index is 12.4. The number of pyridine rings is 1. The Morgan fingerprint density at radius 1 is 0.760 bits per heavy atom. The van der Waals surface area contributed by atoms with Crippen LogP contribution in [0, 0.1) is 20.8 Å². The molecule has 1 heterocycles. The molecule has 0 aliphatic heterocycles. The van der Waals surface area contributed by atoms with E-state index in [1.807, 2.05) is 31.2 Å². The number of hydrogen-bond acceptors (Lipinski definition) is 3. The van der Waals surface area contributed by atoms with E-state index in [-0.39, 0.29) is 5.91 Å². The molecule has 0 saturated heterocycles. The standard InChI is InChI=1S/C21H21N3O/c1-14-4-6-18(7-5-14)24-21(25)17-11-20(13-22-12-17)23-19-9-15(2)8-16(3)10-19/h4-13,23H,1-3H3,(H,24,25). The van der Waals surface area contributed by atoms with Crippen molar-refractivity contribution in [2.45, 2.75) is 20.8 Å². The number of aromatic nitrogens is 1. The molecular formula is C21H21N3O. The van der Waals surface area contributed by atoms with E-state index in [1.54, 1.807) is 18.5 Å². The zero-order valence-corrected chi connectivity index (χ0v) is 14.6. The van der Waals surface area contributed by atoms with E-state index in [9.17, 15) is 4.79 Å². The summed E-state index contributed by atoms with van der Waals surface area (Å²) in [6, 6.07) is 15.7. The molecule has 0 bridgehead atoms. The van der Waals surface area contributed by atoms with Gasteiger partial charge in [-0.3, -0.25) is 9.78 Å². The normalized spacial score (nSPS) is 10.4. The van der Waals surface area contributed by atoms with Gasteiger partial charge in [-0.25, -0.2) is 0 Å². The molecule has 1 aromatic heterocycles. The van der Waals surface area contributed by atoms with Crippen molar-refractivity contribution >= 4 is 23.0 Å². The lowest BCUT2D eigenvalue weighted by Crippen LogP contribution is -2.12. The molecule has 25 heavy (non-hydrogen) atoms. The third kappa shape index (κ3) is 4.44. The molecule has 2 N–H and O–H groups in total. The molecule has 0 saturated carbocycles. The minimum Gasteiger partial charge on any atom is -0.354 e. The van der Waals surface area contributed by atoms with Crippen LogP contribution in [0.3, 0.4) is 0 Å². The SMILES string of the molecule is Cc1ccc(NC(=O)c2cncc(Nc3cc(C)cc(C)c3)c2)cc1. The van der Waals surface area contributed by atoms with Crippen molar-refractivity contribution in [1.82, 2.24) is 4.98 Å². The second-order valence-corrected chi connectivity index (χ2v) is 6.28. The number of amides is 1. The molecule has 4 nitrogen and oxygen atoms in total. The Morgan fingerprint density at radius 3 is 2.12 bits per heavy atom. The van der Waals surface area contributed by atoms with Gasteiger partial charge in [-0.2, -0.15) is 0 Å². The summed E-state index contributed by atoms with van der Waals surface area (Å²) in [6.07, 6.45) is 3.27. The molecular weight excluding hydrogens is 310 g/mol. The van der Waals surface area contributed by atoms with Crippen molar-refractivity contribution in [2.75, 3.05) is 10.6 Å². The smallest absolute Gasteiger partial charge is 0.257 e. The van der Waals surface area contributed by atoms with Gasteiger partial charge in [0.25, 0.3) is 5.91 Å². The number of nitrogens with one attached hydrogen (secondary N) is 2. The third-order valence-corrected chi connectivity index (χ3v) is 3.82. The van der Waals surface area contributed by atoms with Crippen LogP contribution < -0.4 is 10.6 Å².